The second-order valence-corrected chi connectivity index (χ2v) is 10.0. The predicted molar refractivity (Wildman–Crippen MR) is 150 cm³/mol. The monoisotopic (exact) mass is 531 g/mol. The van der Waals surface area contributed by atoms with E-state index in [0.717, 1.165) is 49.0 Å². The molecule has 196 valence electrons. The van der Waals surface area contributed by atoms with Crippen LogP contribution in [-0.2, 0) is 11.3 Å². The molecule has 2 aromatic heterocycles. The van der Waals surface area contributed by atoms with Gasteiger partial charge in [0.2, 0.25) is 0 Å². The molecule has 2 fully saturated rings. The molecule has 0 unspecified atom stereocenters. The van der Waals surface area contributed by atoms with Gasteiger partial charge in [0.1, 0.15) is 5.52 Å². The van der Waals surface area contributed by atoms with Crippen molar-refractivity contribution in [3.05, 3.63) is 76.2 Å². The molecule has 2 aliphatic rings. The number of rotatable bonds is 6. The first-order chi connectivity index (χ1) is 18.7. The van der Waals surface area contributed by atoms with E-state index in [0.29, 0.717) is 55.4 Å². The summed E-state index contributed by atoms with van der Waals surface area (Å²) in [6.45, 7) is 7.55. The fourth-order valence-corrected chi connectivity index (χ4v) is 5.24. The molecule has 9 nitrogen and oxygen atoms in total. The number of ether oxygens (including phenoxy) is 1. The van der Waals surface area contributed by atoms with E-state index in [-0.39, 0.29) is 5.56 Å². The van der Waals surface area contributed by atoms with Crippen molar-refractivity contribution in [1.29, 1.82) is 0 Å². The van der Waals surface area contributed by atoms with E-state index >= 15 is 0 Å². The average Bonchev–Trinajstić information content (AvgIpc) is 2.98. The molecule has 4 aromatic rings. The molecule has 0 amide bonds. The van der Waals surface area contributed by atoms with Crippen LogP contribution in [0.5, 0.6) is 0 Å². The number of hydrogen-bond acceptors (Lipinski definition) is 8. The van der Waals surface area contributed by atoms with Crippen LogP contribution in [0.25, 0.3) is 22.3 Å². The Morgan fingerprint density at radius 1 is 0.868 bits per heavy atom. The summed E-state index contributed by atoms with van der Waals surface area (Å²) < 4.78 is 7.15. The summed E-state index contributed by atoms with van der Waals surface area (Å²) >= 11 is 6.18. The fraction of sp³-hybridized carbons (Fsp3) is 0.357. The first-order valence-corrected chi connectivity index (χ1v) is 13.4. The van der Waals surface area contributed by atoms with Crippen LogP contribution in [-0.4, -0.2) is 83.7 Å². The van der Waals surface area contributed by atoms with E-state index in [2.05, 4.69) is 25.8 Å². The van der Waals surface area contributed by atoms with Gasteiger partial charge in [0.15, 0.2) is 11.6 Å². The number of anilines is 2. The Kier molecular flexibility index (Phi) is 7.22. The van der Waals surface area contributed by atoms with Crippen molar-refractivity contribution in [3.63, 3.8) is 0 Å². The Bertz CT molecular complexity index is 1470. The molecule has 0 radical (unpaired) electrons. The lowest BCUT2D eigenvalue weighted by molar-refractivity contribution is 0.122. The highest BCUT2D eigenvalue weighted by Crippen LogP contribution is 2.24. The molecule has 0 saturated carbocycles. The molecule has 2 aliphatic heterocycles. The number of benzene rings is 2. The normalized spacial score (nSPS) is 16.8. The maximum atomic E-state index is 13.5. The number of aromatic nitrogens is 4. The maximum absolute atomic E-state index is 13.5. The van der Waals surface area contributed by atoms with Crippen LogP contribution in [0.1, 0.15) is 0 Å². The third-order valence-electron chi connectivity index (χ3n) is 7.20. The highest BCUT2D eigenvalue weighted by molar-refractivity contribution is 6.30. The van der Waals surface area contributed by atoms with Gasteiger partial charge in [0, 0.05) is 68.3 Å². The lowest BCUT2D eigenvalue weighted by atomic mass is 10.2. The number of piperazine rings is 1. The highest BCUT2D eigenvalue weighted by atomic mass is 35.5. The maximum Gasteiger partial charge on any atom is 0.277 e. The van der Waals surface area contributed by atoms with Crippen molar-refractivity contribution >= 4 is 34.0 Å². The molecule has 6 rings (SSSR count). The van der Waals surface area contributed by atoms with Gasteiger partial charge < -0.3 is 14.5 Å². The van der Waals surface area contributed by atoms with Crippen LogP contribution >= 0.6 is 11.6 Å². The van der Waals surface area contributed by atoms with E-state index in [1.165, 1.54) is 0 Å². The quantitative estimate of drug-likeness (QED) is 0.375. The van der Waals surface area contributed by atoms with Gasteiger partial charge in [-0.05, 0) is 18.2 Å². The molecular weight excluding hydrogens is 502 g/mol. The standard InChI is InChI=1S/C28H30ClN7O2/c29-22-7-4-8-23(19-22)34-12-9-33(10-13-34)11-14-36-28(37)24-20-30-26(21-5-2-1-3-6-21)31-25(24)27(32-36)35-15-17-38-18-16-35/h1-8,19-20H,9-18H2. The number of morpholine rings is 1. The summed E-state index contributed by atoms with van der Waals surface area (Å²) in [7, 11) is 0. The number of fused-ring (bicyclic) bond motifs is 1. The van der Waals surface area contributed by atoms with Crippen LogP contribution < -0.4 is 15.4 Å². The molecule has 4 heterocycles. The minimum absolute atomic E-state index is 0.158. The van der Waals surface area contributed by atoms with Gasteiger partial charge in [-0.15, -0.1) is 5.10 Å². The molecule has 2 saturated heterocycles. The van der Waals surface area contributed by atoms with Gasteiger partial charge in [-0.3, -0.25) is 9.69 Å². The first kappa shape index (κ1) is 24.8. The summed E-state index contributed by atoms with van der Waals surface area (Å²) in [6.07, 6.45) is 1.65. The van der Waals surface area contributed by atoms with E-state index in [1.807, 2.05) is 48.5 Å². The SMILES string of the molecule is O=c1c2cnc(-c3ccccc3)nc2c(N2CCOCC2)nn1CCN1CCN(c2cccc(Cl)c2)CC1. The second-order valence-electron chi connectivity index (χ2n) is 9.58. The summed E-state index contributed by atoms with van der Waals surface area (Å²) in [6, 6.07) is 17.8. The minimum atomic E-state index is -0.158. The van der Waals surface area contributed by atoms with Crippen molar-refractivity contribution < 1.29 is 4.74 Å². The van der Waals surface area contributed by atoms with E-state index in [9.17, 15) is 4.79 Å². The van der Waals surface area contributed by atoms with Crippen molar-refractivity contribution in [1.82, 2.24) is 24.6 Å². The number of nitrogens with zero attached hydrogens (tertiary/aromatic N) is 7. The average molecular weight is 532 g/mol. The Hall–Kier alpha value is -3.53. The number of halogens is 1. The summed E-state index contributed by atoms with van der Waals surface area (Å²) in [5, 5.41) is 6.09. The van der Waals surface area contributed by atoms with Crippen LogP contribution in [0.2, 0.25) is 5.02 Å². The first-order valence-electron chi connectivity index (χ1n) is 13.0. The minimum Gasteiger partial charge on any atom is -0.378 e. The van der Waals surface area contributed by atoms with Crippen molar-refractivity contribution in [2.45, 2.75) is 6.54 Å². The Labute approximate surface area is 226 Å². The Balaban J connectivity index is 1.24. The van der Waals surface area contributed by atoms with Gasteiger partial charge in [-0.1, -0.05) is 48.0 Å². The molecule has 0 aliphatic carbocycles. The zero-order chi connectivity index (χ0) is 25.9. The van der Waals surface area contributed by atoms with Crippen molar-refractivity contribution in [2.75, 3.05) is 68.8 Å². The molecule has 0 bridgehead atoms. The molecule has 38 heavy (non-hydrogen) atoms. The Morgan fingerprint density at radius 2 is 1.66 bits per heavy atom. The lowest BCUT2D eigenvalue weighted by Crippen LogP contribution is -2.47. The van der Waals surface area contributed by atoms with Crippen LogP contribution in [0.3, 0.4) is 0 Å². The topological polar surface area (TPSA) is 79.6 Å². The van der Waals surface area contributed by atoms with Crippen LogP contribution in [0, 0.1) is 0 Å². The van der Waals surface area contributed by atoms with Crippen LogP contribution in [0.15, 0.2) is 65.6 Å². The second kappa shape index (κ2) is 11.1. The zero-order valence-corrected chi connectivity index (χ0v) is 21.9. The van der Waals surface area contributed by atoms with Gasteiger partial charge in [-0.25, -0.2) is 14.6 Å². The van der Waals surface area contributed by atoms with Crippen LogP contribution in [0.4, 0.5) is 11.5 Å². The lowest BCUT2D eigenvalue weighted by Gasteiger charge is -2.36. The molecule has 2 aromatic carbocycles. The molecule has 0 atom stereocenters. The smallest absolute Gasteiger partial charge is 0.277 e. The highest BCUT2D eigenvalue weighted by Gasteiger charge is 2.22. The van der Waals surface area contributed by atoms with E-state index in [4.69, 9.17) is 26.4 Å². The van der Waals surface area contributed by atoms with Gasteiger partial charge in [0.25, 0.3) is 5.56 Å². The summed E-state index contributed by atoms with van der Waals surface area (Å²) in [4.78, 5) is 29.7. The van der Waals surface area contributed by atoms with Gasteiger partial charge in [-0.2, -0.15) is 0 Å². The fourth-order valence-electron chi connectivity index (χ4n) is 5.06. The van der Waals surface area contributed by atoms with Gasteiger partial charge >= 0.3 is 0 Å². The molecular formula is C28H30ClN7O2. The van der Waals surface area contributed by atoms with Gasteiger partial charge in [0.05, 0.1) is 25.1 Å². The van der Waals surface area contributed by atoms with Crippen molar-refractivity contribution in [2.24, 2.45) is 0 Å². The molecule has 10 heteroatoms. The van der Waals surface area contributed by atoms with Crippen molar-refractivity contribution in [3.8, 4) is 11.4 Å². The van der Waals surface area contributed by atoms with E-state index < -0.39 is 0 Å². The number of hydrogen-bond donors (Lipinski definition) is 0. The predicted octanol–water partition coefficient (Wildman–Crippen LogP) is 3.17. The zero-order valence-electron chi connectivity index (χ0n) is 21.2. The summed E-state index contributed by atoms with van der Waals surface area (Å²) in [5.74, 6) is 1.30. The molecule has 0 N–H and O–H groups in total. The largest absolute Gasteiger partial charge is 0.378 e. The third kappa shape index (κ3) is 5.22. The Morgan fingerprint density at radius 3 is 2.42 bits per heavy atom. The third-order valence-corrected chi connectivity index (χ3v) is 7.43. The molecule has 0 spiro atoms. The van der Waals surface area contributed by atoms with E-state index in [1.54, 1.807) is 10.9 Å². The summed E-state index contributed by atoms with van der Waals surface area (Å²) in [5.41, 5.74) is 2.49.